The minimum absolute atomic E-state index is 0.388. The molecular formula is C14H24N4O2. The minimum atomic E-state index is -0.738. The topological polar surface area (TPSA) is 61.6 Å². The molecule has 1 fully saturated rings. The van der Waals surface area contributed by atoms with Crippen LogP contribution in [0.4, 0.5) is 0 Å². The predicted molar refractivity (Wildman–Crippen MR) is 76.6 cm³/mol. The molecule has 6 nitrogen and oxygen atoms in total. The van der Waals surface area contributed by atoms with Crippen LogP contribution in [0.1, 0.15) is 25.2 Å². The van der Waals surface area contributed by atoms with E-state index < -0.39 is 5.97 Å². The fourth-order valence-corrected chi connectivity index (χ4v) is 2.69. The van der Waals surface area contributed by atoms with E-state index in [0.717, 1.165) is 45.0 Å². The van der Waals surface area contributed by atoms with Crippen molar-refractivity contribution in [3.05, 3.63) is 17.5 Å². The van der Waals surface area contributed by atoms with Gasteiger partial charge in [-0.15, -0.1) is 0 Å². The molecule has 1 atom stereocenters. The van der Waals surface area contributed by atoms with Crippen LogP contribution in [0.25, 0.3) is 0 Å². The van der Waals surface area contributed by atoms with Gasteiger partial charge in [-0.2, -0.15) is 5.10 Å². The van der Waals surface area contributed by atoms with Gasteiger partial charge in [0.15, 0.2) is 0 Å². The Morgan fingerprint density at radius 3 is 2.60 bits per heavy atom. The summed E-state index contributed by atoms with van der Waals surface area (Å²) in [5, 5.41) is 13.5. The number of carboxylic acids is 1. The molecule has 0 bridgehead atoms. The first-order valence-electron chi connectivity index (χ1n) is 7.23. The van der Waals surface area contributed by atoms with E-state index in [4.69, 9.17) is 5.11 Å². The van der Waals surface area contributed by atoms with Crippen LogP contribution >= 0.6 is 0 Å². The van der Waals surface area contributed by atoms with E-state index in [9.17, 15) is 4.79 Å². The molecule has 0 saturated carbocycles. The summed E-state index contributed by atoms with van der Waals surface area (Å²) >= 11 is 0. The monoisotopic (exact) mass is 280 g/mol. The fourth-order valence-electron chi connectivity index (χ4n) is 2.69. The number of nitrogens with zero attached hydrogens (tertiary/aromatic N) is 4. The van der Waals surface area contributed by atoms with Crippen LogP contribution in [-0.2, 0) is 17.9 Å². The van der Waals surface area contributed by atoms with Crippen molar-refractivity contribution in [3.63, 3.8) is 0 Å². The lowest BCUT2D eigenvalue weighted by Gasteiger charge is -2.36. The van der Waals surface area contributed by atoms with E-state index in [1.807, 2.05) is 16.5 Å². The van der Waals surface area contributed by atoms with Crippen LogP contribution in [0.2, 0.25) is 0 Å². The number of hydrogen-bond donors (Lipinski definition) is 1. The van der Waals surface area contributed by atoms with Crippen molar-refractivity contribution in [1.29, 1.82) is 0 Å². The van der Waals surface area contributed by atoms with Gasteiger partial charge in [-0.3, -0.25) is 19.3 Å². The summed E-state index contributed by atoms with van der Waals surface area (Å²) in [5.74, 6) is -0.738. The molecule has 1 saturated heterocycles. The molecule has 20 heavy (non-hydrogen) atoms. The lowest BCUT2D eigenvalue weighted by atomic mass is 10.2. The largest absolute Gasteiger partial charge is 0.480 e. The summed E-state index contributed by atoms with van der Waals surface area (Å²) in [7, 11) is 0. The van der Waals surface area contributed by atoms with E-state index in [0.29, 0.717) is 0 Å². The first-order valence-corrected chi connectivity index (χ1v) is 7.23. The number of carbonyl (C=O) groups is 1. The summed E-state index contributed by atoms with van der Waals surface area (Å²) in [5.41, 5.74) is 2.30. The molecule has 6 heteroatoms. The molecule has 2 heterocycles. The third-order valence-electron chi connectivity index (χ3n) is 3.98. The highest BCUT2D eigenvalue weighted by molar-refractivity contribution is 5.72. The number of aromatic nitrogens is 2. The van der Waals surface area contributed by atoms with Gasteiger partial charge in [0.25, 0.3) is 0 Å². The number of aryl methyl sites for hydroxylation is 2. The first kappa shape index (κ1) is 15.0. The van der Waals surface area contributed by atoms with Gasteiger partial charge in [-0.1, -0.05) is 0 Å². The van der Waals surface area contributed by atoms with Crippen molar-refractivity contribution in [2.75, 3.05) is 26.2 Å². The highest BCUT2D eigenvalue weighted by Gasteiger charge is 2.25. The molecule has 1 aliphatic heterocycles. The molecule has 1 aromatic rings. The highest BCUT2D eigenvalue weighted by Crippen LogP contribution is 2.12. The Bertz CT molecular complexity index is 464. The molecule has 0 aliphatic carbocycles. The average Bonchev–Trinajstić information content (AvgIpc) is 2.78. The van der Waals surface area contributed by atoms with Crippen molar-refractivity contribution in [3.8, 4) is 0 Å². The lowest BCUT2D eigenvalue weighted by molar-refractivity contribution is -0.143. The Morgan fingerprint density at radius 1 is 1.40 bits per heavy atom. The molecule has 2 rings (SSSR count). The van der Waals surface area contributed by atoms with E-state index in [1.54, 1.807) is 6.92 Å². The fraction of sp³-hybridized carbons (Fsp3) is 0.714. The number of rotatable bonds is 5. The average molecular weight is 280 g/mol. The summed E-state index contributed by atoms with van der Waals surface area (Å²) in [6.07, 6.45) is 0. The minimum Gasteiger partial charge on any atom is -0.480 e. The number of carboxylic acid groups (broad SMARTS) is 1. The van der Waals surface area contributed by atoms with E-state index >= 15 is 0 Å². The zero-order valence-corrected chi connectivity index (χ0v) is 12.5. The number of hydrogen-bond acceptors (Lipinski definition) is 4. The molecule has 0 radical (unpaired) electrons. The molecule has 112 valence electrons. The Hall–Kier alpha value is -1.40. The molecule has 1 N–H and O–H groups in total. The third-order valence-corrected chi connectivity index (χ3v) is 3.98. The Morgan fingerprint density at radius 2 is 2.05 bits per heavy atom. The summed E-state index contributed by atoms with van der Waals surface area (Å²) < 4.78 is 2.04. The van der Waals surface area contributed by atoms with Gasteiger partial charge in [-0.25, -0.2) is 0 Å². The molecule has 1 aromatic heterocycles. The van der Waals surface area contributed by atoms with Gasteiger partial charge >= 0.3 is 5.97 Å². The second kappa shape index (κ2) is 6.37. The quantitative estimate of drug-likeness (QED) is 0.864. The van der Waals surface area contributed by atoms with Crippen LogP contribution < -0.4 is 0 Å². The molecular weight excluding hydrogens is 256 g/mol. The van der Waals surface area contributed by atoms with E-state index in [2.05, 4.69) is 23.0 Å². The van der Waals surface area contributed by atoms with Crippen molar-refractivity contribution in [2.24, 2.45) is 0 Å². The van der Waals surface area contributed by atoms with E-state index in [-0.39, 0.29) is 6.04 Å². The molecule has 0 aromatic carbocycles. The Labute approximate surface area is 120 Å². The number of piperazine rings is 1. The maximum absolute atomic E-state index is 11.0. The Kier molecular flexibility index (Phi) is 4.77. The second-order valence-corrected chi connectivity index (χ2v) is 5.42. The lowest BCUT2D eigenvalue weighted by Crippen LogP contribution is -2.51. The van der Waals surface area contributed by atoms with Crippen LogP contribution in [0.15, 0.2) is 6.07 Å². The van der Waals surface area contributed by atoms with Crippen molar-refractivity contribution in [2.45, 2.75) is 39.9 Å². The van der Waals surface area contributed by atoms with Crippen molar-refractivity contribution >= 4 is 5.97 Å². The van der Waals surface area contributed by atoms with Crippen LogP contribution in [0.3, 0.4) is 0 Å². The standard InChI is InChI=1S/C14H24N4O2/c1-4-18-13(9-11(2)15-18)10-16-5-7-17(8-6-16)12(3)14(19)20/h9,12H,4-8,10H2,1-3H3,(H,19,20). The maximum Gasteiger partial charge on any atom is 0.320 e. The van der Waals surface area contributed by atoms with Gasteiger partial charge in [0.05, 0.1) is 11.4 Å². The predicted octanol–water partition coefficient (Wildman–Crippen LogP) is 0.802. The third kappa shape index (κ3) is 3.37. The normalized spacial score (nSPS) is 19.1. The molecule has 1 unspecified atom stereocenters. The zero-order chi connectivity index (χ0) is 14.7. The van der Waals surface area contributed by atoms with Crippen molar-refractivity contribution in [1.82, 2.24) is 19.6 Å². The highest BCUT2D eigenvalue weighted by atomic mass is 16.4. The van der Waals surface area contributed by atoms with Crippen LogP contribution in [0, 0.1) is 6.92 Å². The van der Waals surface area contributed by atoms with Gasteiger partial charge < -0.3 is 5.11 Å². The molecule has 0 amide bonds. The van der Waals surface area contributed by atoms with Gasteiger partial charge in [0.1, 0.15) is 6.04 Å². The maximum atomic E-state index is 11.0. The Balaban J connectivity index is 1.89. The summed E-state index contributed by atoms with van der Waals surface area (Å²) in [6.45, 7) is 11.1. The zero-order valence-electron chi connectivity index (χ0n) is 12.5. The van der Waals surface area contributed by atoms with Gasteiger partial charge in [0, 0.05) is 39.3 Å². The van der Waals surface area contributed by atoms with E-state index in [1.165, 1.54) is 5.69 Å². The SMILES string of the molecule is CCn1nc(C)cc1CN1CCN(C(C)C(=O)O)CC1. The second-order valence-electron chi connectivity index (χ2n) is 5.42. The van der Waals surface area contributed by atoms with Crippen LogP contribution in [0.5, 0.6) is 0 Å². The smallest absolute Gasteiger partial charge is 0.320 e. The molecule has 0 spiro atoms. The number of aliphatic carboxylic acids is 1. The first-order chi connectivity index (χ1) is 9.51. The van der Waals surface area contributed by atoms with Crippen molar-refractivity contribution < 1.29 is 9.90 Å². The van der Waals surface area contributed by atoms with Gasteiger partial charge in [-0.05, 0) is 26.8 Å². The summed E-state index contributed by atoms with van der Waals surface area (Å²) in [4.78, 5) is 15.4. The van der Waals surface area contributed by atoms with Gasteiger partial charge in [0.2, 0.25) is 0 Å². The van der Waals surface area contributed by atoms with Crippen LogP contribution in [-0.4, -0.2) is 62.9 Å². The summed E-state index contributed by atoms with van der Waals surface area (Å²) in [6, 6.07) is 1.75. The molecule has 1 aliphatic rings.